The van der Waals surface area contributed by atoms with Gasteiger partial charge in [-0.3, -0.25) is 86.3 Å². The Kier molecular flexibility index (Phi) is 49.1. The van der Waals surface area contributed by atoms with E-state index in [9.17, 15) is 91.1 Å². The molecule has 9 saturated heterocycles. The van der Waals surface area contributed by atoms with Crippen molar-refractivity contribution in [1.29, 1.82) is 0 Å². The SMILES string of the molecule is C=C1CC(=O)SC1=O.CC(C)(C)NC(=O)C1CSC(=O)C1.CC(C)CNC(=O)C1CSC(=O)C1.CC(C)NC(=O)C1CSC(=O)C1.CC1SC(=O)C(C(C)C=O)C1=O.CCC(C)NC(=O)C1CSC(=O)C1.CCCNC(=O)C1CSC(=O)C1.CCN(C)C(=O)C1CSC(=O)C1.CCN(C)C(=O)C1CSC(=O)C1. The number of amides is 7. The lowest BCUT2D eigenvalue weighted by Gasteiger charge is -2.22. The molecule has 11 atom stereocenters. The first kappa shape index (κ1) is 100. The summed E-state index contributed by atoms with van der Waals surface area (Å²) < 4.78 is 0. The first-order valence-electron chi connectivity index (χ1n) is 35.7. The molecule has 9 aliphatic rings. The van der Waals surface area contributed by atoms with Crippen LogP contribution >= 0.6 is 106 Å². The number of aldehydes is 1. The molecule has 0 aliphatic carbocycles. The van der Waals surface area contributed by atoms with Crippen LogP contribution in [0.4, 0.5) is 0 Å². The van der Waals surface area contributed by atoms with Crippen LogP contribution in [0.5, 0.6) is 0 Å². The molecule has 9 aliphatic heterocycles. The summed E-state index contributed by atoms with van der Waals surface area (Å²) in [5, 5.41) is 14.5. The highest BCUT2D eigenvalue weighted by atomic mass is 32.2. The van der Waals surface area contributed by atoms with E-state index < -0.39 is 11.8 Å². The molecule has 0 bridgehead atoms. The van der Waals surface area contributed by atoms with E-state index >= 15 is 0 Å². The van der Waals surface area contributed by atoms with Gasteiger partial charge in [-0.15, -0.1) is 0 Å². The third kappa shape index (κ3) is 40.8. The quantitative estimate of drug-likeness (QED) is 0.0495. The van der Waals surface area contributed by atoms with Crippen molar-refractivity contribution in [2.24, 2.45) is 59.2 Å². The monoisotopic (exact) mass is 1670 g/mol. The van der Waals surface area contributed by atoms with Gasteiger partial charge in [0.25, 0.3) is 0 Å². The maximum absolute atomic E-state index is 11.5. The standard InChI is InChI=1S/3C9H15NO2S.4C8H13NO2S.C8H10O3S.C5H4O2S/c1-9(2,3)10-8(12)6-4-7(11)13-5-6;1-6(2)4-10-9(12)7-3-8(11)13-5-7;1-3-6(2)10-9(12)7-4-8(11)13-5-7;1-5(2)9-8(11)6-3-7(10)12-4-6;2*1-3-9(2)8(11)6-4-7(10)12-5-6;1-2-3-9-8(11)6-4-7(10)12-5-6;1-4(3-9)6-7(10)5(2)12-8(6)11;1-3-2-4(6)8-5(3)7/h6H,4-5H2,1-3H3,(H,10,12);2*6-7H,3-5H2,1-2H3,(H,10,12);5-6H,3-4H2,1-2H3,(H,9,11);2*6H,3-5H2,1-2H3;6H,2-5H2,1H3,(H,9,11);3-6H,1-2H3;1-2H2. The molecule has 602 valence electrons. The maximum Gasteiger partial charge on any atom is 0.226 e. The highest BCUT2D eigenvalue weighted by Gasteiger charge is 2.43. The number of nitrogens with zero attached hydrogens (tertiary/aromatic N) is 2. The maximum atomic E-state index is 11.5. The fourth-order valence-electron chi connectivity index (χ4n) is 9.55. The van der Waals surface area contributed by atoms with E-state index in [0.717, 1.165) is 36.4 Å². The molecule has 9 heterocycles. The van der Waals surface area contributed by atoms with Gasteiger partial charge in [0.2, 0.25) is 56.7 Å². The van der Waals surface area contributed by atoms with Gasteiger partial charge in [-0.05, 0) is 92.8 Å². The number of nitrogens with one attached hydrogen (secondary N) is 5. The van der Waals surface area contributed by atoms with Crippen molar-refractivity contribution in [2.45, 2.75) is 184 Å². The summed E-state index contributed by atoms with van der Waals surface area (Å²) in [6.07, 6.45) is 5.67. The Labute approximate surface area is 668 Å². The molecule has 5 N–H and O–H groups in total. The first-order chi connectivity index (χ1) is 50.0. The minimum Gasteiger partial charge on any atom is -0.356 e. The predicted molar refractivity (Wildman–Crippen MR) is 433 cm³/mol. The zero-order valence-electron chi connectivity index (χ0n) is 64.5. The van der Waals surface area contributed by atoms with Crippen LogP contribution in [-0.4, -0.2) is 218 Å². The van der Waals surface area contributed by atoms with Crippen molar-refractivity contribution in [3.63, 3.8) is 0 Å². The number of rotatable bonds is 18. The number of hydrogen-bond donors (Lipinski definition) is 5. The zero-order chi connectivity index (χ0) is 81.6. The number of carbonyl (C=O) groups is 19. The Morgan fingerprint density at radius 1 is 0.505 bits per heavy atom. The van der Waals surface area contributed by atoms with Crippen molar-refractivity contribution in [3.05, 3.63) is 12.2 Å². The second-order valence-electron chi connectivity index (χ2n) is 27.9. The number of ketones is 1. The van der Waals surface area contributed by atoms with Gasteiger partial charge in [0.15, 0.2) is 41.6 Å². The van der Waals surface area contributed by atoms with Crippen molar-refractivity contribution in [1.82, 2.24) is 36.4 Å². The number of Topliss-reactive ketones (excluding diaryl/α,β-unsaturated/α-hetero) is 1. The molecule has 0 aromatic heterocycles. The molecule has 9 fully saturated rings. The van der Waals surface area contributed by atoms with E-state index in [0.29, 0.717) is 129 Å². The Morgan fingerprint density at radius 2 is 0.850 bits per heavy atom. The minimum atomic E-state index is -0.692. The van der Waals surface area contributed by atoms with E-state index in [-0.39, 0.29) is 169 Å². The average Bonchev–Trinajstić information content (AvgIpc) is 1.69. The van der Waals surface area contributed by atoms with Crippen LogP contribution in [0, 0.1) is 59.2 Å². The van der Waals surface area contributed by atoms with E-state index in [1.54, 1.807) is 37.7 Å². The van der Waals surface area contributed by atoms with Gasteiger partial charge in [-0.1, -0.05) is 135 Å². The predicted octanol–water partition coefficient (Wildman–Crippen LogP) is 7.87. The lowest BCUT2D eigenvalue weighted by atomic mass is 9.91. The van der Waals surface area contributed by atoms with Gasteiger partial charge >= 0.3 is 0 Å². The largest absolute Gasteiger partial charge is 0.356 e. The Bertz CT molecular complexity index is 3110. The van der Waals surface area contributed by atoms with Gasteiger partial charge in [-0.2, -0.15) is 0 Å². The molecule has 0 aromatic rings. The van der Waals surface area contributed by atoms with E-state index in [4.69, 9.17) is 0 Å². The summed E-state index contributed by atoms with van der Waals surface area (Å²) in [5.41, 5.74) is 0.230. The van der Waals surface area contributed by atoms with Crippen molar-refractivity contribution in [3.8, 4) is 0 Å². The van der Waals surface area contributed by atoms with Crippen molar-refractivity contribution < 1.29 is 91.1 Å². The van der Waals surface area contributed by atoms with Crippen LogP contribution in [0.1, 0.15) is 161 Å². The van der Waals surface area contributed by atoms with Gasteiger partial charge in [0.05, 0.1) is 52.6 Å². The van der Waals surface area contributed by atoms with Gasteiger partial charge in [0.1, 0.15) is 6.29 Å². The Balaban J connectivity index is 0.000000603. The van der Waals surface area contributed by atoms with Crippen LogP contribution in [0.15, 0.2) is 12.2 Å². The van der Waals surface area contributed by atoms with E-state index in [2.05, 4.69) is 47.0 Å². The van der Waals surface area contributed by atoms with Crippen LogP contribution in [0.3, 0.4) is 0 Å². The number of carbonyl (C=O) groups excluding carboxylic acids is 19. The smallest absolute Gasteiger partial charge is 0.226 e. The fourth-order valence-corrected chi connectivity index (χ4v) is 18.1. The molecule has 0 spiro atoms. The first-order valence-corrected chi connectivity index (χ1v) is 44.3. The number of hydrogen-bond acceptors (Lipinski definition) is 28. The second kappa shape index (κ2) is 52.5. The topological polar surface area (TPSA) is 391 Å². The highest BCUT2D eigenvalue weighted by Crippen LogP contribution is 2.34. The Morgan fingerprint density at radius 3 is 1.10 bits per heavy atom. The summed E-state index contributed by atoms with van der Waals surface area (Å²) in [5.74, 6) is 3.55. The zero-order valence-corrected chi connectivity index (χ0v) is 71.8. The second-order valence-corrected chi connectivity index (χ2v) is 37.9. The molecule has 0 radical (unpaired) electrons. The lowest BCUT2D eigenvalue weighted by Crippen LogP contribution is -2.43. The Hall–Kier alpha value is -4.78. The van der Waals surface area contributed by atoms with Crippen molar-refractivity contribution >= 4 is 210 Å². The summed E-state index contributed by atoms with van der Waals surface area (Å²) in [6.45, 7) is 33.2. The van der Waals surface area contributed by atoms with Gasteiger partial charge in [0, 0.05) is 161 Å². The van der Waals surface area contributed by atoms with E-state index in [1.165, 1.54) is 82.3 Å². The molecule has 9 rings (SSSR count). The van der Waals surface area contributed by atoms with Crippen LogP contribution in [0.25, 0.3) is 0 Å². The molecular formula is C72H111N7O19S9. The van der Waals surface area contributed by atoms with Gasteiger partial charge < -0.3 is 41.2 Å². The molecule has 11 unspecified atom stereocenters. The van der Waals surface area contributed by atoms with E-state index in [1.807, 2.05) is 69.2 Å². The van der Waals surface area contributed by atoms with Crippen LogP contribution < -0.4 is 26.6 Å². The number of thioether (sulfide) groups is 9. The lowest BCUT2D eigenvalue weighted by molar-refractivity contribution is -0.134. The third-order valence-corrected chi connectivity index (χ3v) is 25.6. The average molecular weight is 1670 g/mol. The third-order valence-electron chi connectivity index (χ3n) is 16.3. The minimum absolute atomic E-state index is 0.00542. The highest BCUT2D eigenvalue weighted by molar-refractivity contribution is 8.27. The van der Waals surface area contributed by atoms with Crippen LogP contribution in [0.2, 0.25) is 0 Å². The summed E-state index contributed by atoms with van der Waals surface area (Å²) in [6, 6.07) is 0.381. The van der Waals surface area contributed by atoms with Crippen molar-refractivity contribution in [2.75, 3.05) is 80.5 Å². The molecular weight excluding hydrogens is 1560 g/mol. The molecule has 107 heavy (non-hydrogen) atoms. The van der Waals surface area contributed by atoms with Gasteiger partial charge in [-0.25, -0.2) is 0 Å². The normalized spacial score (nSPS) is 23.9. The summed E-state index contributed by atoms with van der Waals surface area (Å²) in [4.78, 5) is 213. The van der Waals surface area contributed by atoms with Crippen LogP contribution in [-0.2, 0) is 91.1 Å². The molecule has 0 aromatic carbocycles. The fraction of sp³-hybridized carbons (Fsp3) is 0.708. The summed E-state index contributed by atoms with van der Waals surface area (Å²) >= 11 is 10.7. The molecule has 35 heteroatoms. The molecule has 26 nitrogen and oxygen atoms in total. The molecule has 7 amide bonds. The summed E-state index contributed by atoms with van der Waals surface area (Å²) in [7, 11) is 3.55. The molecule has 0 saturated carbocycles.